The number of nitrogens with zero attached hydrogens (tertiary/aromatic N) is 1. The van der Waals surface area contributed by atoms with Crippen LogP contribution in [0.1, 0.15) is 33.1 Å². The van der Waals surface area contributed by atoms with Crippen molar-refractivity contribution in [1.29, 1.82) is 0 Å². The lowest BCUT2D eigenvalue weighted by molar-refractivity contribution is -0.150. The molecule has 100 valence electrons. The molecule has 0 saturated carbocycles. The predicted octanol–water partition coefficient (Wildman–Crippen LogP) is 1.69. The van der Waals surface area contributed by atoms with Crippen molar-refractivity contribution >= 4 is 5.97 Å². The fourth-order valence-corrected chi connectivity index (χ4v) is 2.15. The van der Waals surface area contributed by atoms with Crippen molar-refractivity contribution < 1.29 is 14.3 Å². The van der Waals surface area contributed by atoms with Crippen LogP contribution < -0.4 is 0 Å². The molecule has 1 aliphatic heterocycles. The van der Waals surface area contributed by atoms with Crippen LogP contribution in [0.4, 0.5) is 0 Å². The second kappa shape index (κ2) is 8.48. The first-order chi connectivity index (χ1) is 8.27. The Morgan fingerprint density at radius 1 is 1.35 bits per heavy atom. The van der Waals surface area contributed by atoms with Gasteiger partial charge in [0.25, 0.3) is 0 Å². The van der Waals surface area contributed by atoms with Crippen LogP contribution in [0.15, 0.2) is 0 Å². The maximum absolute atomic E-state index is 11.6. The number of carbonyl (C=O) groups is 1. The summed E-state index contributed by atoms with van der Waals surface area (Å²) in [5.41, 5.74) is 0. The van der Waals surface area contributed by atoms with Crippen molar-refractivity contribution in [1.82, 2.24) is 4.90 Å². The van der Waals surface area contributed by atoms with Crippen LogP contribution in [-0.4, -0.2) is 50.3 Å². The van der Waals surface area contributed by atoms with Crippen LogP contribution in [0.2, 0.25) is 0 Å². The highest BCUT2D eigenvalue weighted by Gasteiger charge is 2.26. The molecule has 4 nitrogen and oxygen atoms in total. The van der Waals surface area contributed by atoms with Crippen molar-refractivity contribution in [2.75, 3.05) is 39.5 Å². The summed E-state index contributed by atoms with van der Waals surface area (Å²) < 4.78 is 10.5. The second-order valence-corrected chi connectivity index (χ2v) is 4.50. The summed E-state index contributed by atoms with van der Waals surface area (Å²) in [6.07, 6.45) is 3.11. The summed E-state index contributed by atoms with van der Waals surface area (Å²) in [6, 6.07) is 0. The molecule has 0 aliphatic carbocycles. The Morgan fingerprint density at radius 2 is 2.18 bits per heavy atom. The predicted molar refractivity (Wildman–Crippen MR) is 66.9 cm³/mol. The topological polar surface area (TPSA) is 38.8 Å². The normalized spacial score (nSPS) is 21.4. The van der Waals surface area contributed by atoms with Crippen molar-refractivity contribution in [2.24, 2.45) is 5.92 Å². The standard InChI is InChI=1S/C13H25NO3/c1-3-9-16-10-8-14-7-5-6-12(11-14)13(15)17-4-2/h12H,3-11H2,1-2H3/t12-/m0/s1. The molecule has 1 fully saturated rings. The third-order valence-corrected chi connectivity index (χ3v) is 3.03. The highest BCUT2D eigenvalue weighted by molar-refractivity contribution is 5.72. The summed E-state index contributed by atoms with van der Waals surface area (Å²) in [4.78, 5) is 13.9. The average Bonchev–Trinajstić information content (AvgIpc) is 2.35. The lowest BCUT2D eigenvalue weighted by atomic mass is 9.98. The van der Waals surface area contributed by atoms with Gasteiger partial charge < -0.3 is 14.4 Å². The summed E-state index contributed by atoms with van der Waals surface area (Å²) >= 11 is 0. The number of likely N-dealkylation sites (tertiary alicyclic amines) is 1. The molecule has 1 aliphatic rings. The molecule has 1 saturated heterocycles. The molecule has 0 aromatic carbocycles. The Bertz CT molecular complexity index is 221. The SMILES string of the molecule is CCCOCCN1CCC[C@H](C(=O)OCC)C1. The van der Waals surface area contributed by atoms with Crippen LogP contribution in [0, 0.1) is 5.92 Å². The van der Waals surface area contributed by atoms with Gasteiger partial charge in [-0.2, -0.15) is 0 Å². The number of hydrogen-bond donors (Lipinski definition) is 0. The van der Waals surface area contributed by atoms with Gasteiger partial charge in [0.05, 0.1) is 19.1 Å². The minimum Gasteiger partial charge on any atom is -0.466 e. The minimum absolute atomic E-state index is 0.0355. The summed E-state index contributed by atoms with van der Waals surface area (Å²) in [7, 11) is 0. The Labute approximate surface area is 104 Å². The zero-order valence-corrected chi connectivity index (χ0v) is 11.1. The fraction of sp³-hybridized carbons (Fsp3) is 0.923. The molecule has 0 aromatic heterocycles. The quantitative estimate of drug-likeness (QED) is 0.504. The number of hydrogen-bond acceptors (Lipinski definition) is 4. The smallest absolute Gasteiger partial charge is 0.310 e. The van der Waals surface area contributed by atoms with Crippen molar-refractivity contribution in [3.8, 4) is 0 Å². The van der Waals surface area contributed by atoms with E-state index in [0.717, 1.165) is 52.1 Å². The molecule has 0 spiro atoms. The van der Waals surface area contributed by atoms with Gasteiger partial charge in [-0.05, 0) is 32.7 Å². The van der Waals surface area contributed by atoms with E-state index < -0.39 is 0 Å². The van der Waals surface area contributed by atoms with Crippen molar-refractivity contribution in [3.05, 3.63) is 0 Å². The van der Waals surface area contributed by atoms with Crippen LogP contribution in [-0.2, 0) is 14.3 Å². The zero-order valence-electron chi connectivity index (χ0n) is 11.1. The first-order valence-corrected chi connectivity index (χ1v) is 6.74. The second-order valence-electron chi connectivity index (χ2n) is 4.50. The van der Waals surface area contributed by atoms with Crippen LogP contribution in [0.25, 0.3) is 0 Å². The van der Waals surface area contributed by atoms with E-state index in [1.807, 2.05) is 6.92 Å². The molecule has 1 rings (SSSR count). The van der Waals surface area contributed by atoms with E-state index in [-0.39, 0.29) is 11.9 Å². The molecule has 4 heteroatoms. The van der Waals surface area contributed by atoms with E-state index >= 15 is 0 Å². The number of rotatable bonds is 7. The van der Waals surface area contributed by atoms with E-state index in [0.29, 0.717) is 6.61 Å². The number of carbonyl (C=O) groups excluding carboxylic acids is 1. The zero-order chi connectivity index (χ0) is 12.5. The van der Waals surface area contributed by atoms with Crippen LogP contribution >= 0.6 is 0 Å². The molecule has 0 aromatic rings. The largest absolute Gasteiger partial charge is 0.466 e. The Balaban J connectivity index is 2.21. The molecule has 0 N–H and O–H groups in total. The van der Waals surface area contributed by atoms with Gasteiger partial charge in [-0.3, -0.25) is 4.79 Å². The molecule has 1 atom stereocenters. The van der Waals surface area contributed by atoms with E-state index in [1.54, 1.807) is 0 Å². The maximum atomic E-state index is 11.6. The Kier molecular flexibility index (Phi) is 7.21. The summed E-state index contributed by atoms with van der Waals surface area (Å²) in [5.74, 6) is 0.0292. The van der Waals surface area contributed by atoms with Gasteiger partial charge in [-0.1, -0.05) is 6.92 Å². The Morgan fingerprint density at radius 3 is 2.88 bits per heavy atom. The lowest BCUT2D eigenvalue weighted by Gasteiger charge is -2.31. The van der Waals surface area contributed by atoms with Crippen molar-refractivity contribution in [2.45, 2.75) is 33.1 Å². The van der Waals surface area contributed by atoms with Gasteiger partial charge >= 0.3 is 5.97 Å². The Hall–Kier alpha value is -0.610. The van der Waals surface area contributed by atoms with Gasteiger partial charge in [0.2, 0.25) is 0 Å². The number of piperidine rings is 1. The first-order valence-electron chi connectivity index (χ1n) is 6.74. The highest BCUT2D eigenvalue weighted by Crippen LogP contribution is 2.17. The summed E-state index contributed by atoms with van der Waals surface area (Å²) in [6.45, 7) is 8.87. The molecule has 1 heterocycles. The molecule has 0 amide bonds. The van der Waals surface area contributed by atoms with Gasteiger partial charge in [-0.25, -0.2) is 0 Å². The fourth-order valence-electron chi connectivity index (χ4n) is 2.15. The maximum Gasteiger partial charge on any atom is 0.310 e. The highest BCUT2D eigenvalue weighted by atomic mass is 16.5. The molecule has 0 unspecified atom stereocenters. The van der Waals surface area contributed by atoms with Crippen LogP contribution in [0.5, 0.6) is 0 Å². The average molecular weight is 243 g/mol. The van der Waals surface area contributed by atoms with Gasteiger partial charge in [0, 0.05) is 19.7 Å². The number of esters is 1. The van der Waals surface area contributed by atoms with E-state index in [9.17, 15) is 4.79 Å². The molecule has 0 bridgehead atoms. The third kappa shape index (κ3) is 5.50. The van der Waals surface area contributed by atoms with Gasteiger partial charge in [0.1, 0.15) is 0 Å². The first kappa shape index (κ1) is 14.5. The molecule has 17 heavy (non-hydrogen) atoms. The van der Waals surface area contributed by atoms with E-state index in [1.165, 1.54) is 0 Å². The summed E-state index contributed by atoms with van der Waals surface area (Å²) in [5, 5.41) is 0. The number of ether oxygens (including phenoxy) is 2. The molecule has 0 radical (unpaired) electrons. The monoisotopic (exact) mass is 243 g/mol. The molecular formula is C13H25NO3. The van der Waals surface area contributed by atoms with Crippen molar-refractivity contribution in [3.63, 3.8) is 0 Å². The van der Waals surface area contributed by atoms with Gasteiger partial charge in [-0.15, -0.1) is 0 Å². The van der Waals surface area contributed by atoms with E-state index in [4.69, 9.17) is 9.47 Å². The molecular weight excluding hydrogens is 218 g/mol. The van der Waals surface area contributed by atoms with Gasteiger partial charge in [0.15, 0.2) is 0 Å². The lowest BCUT2D eigenvalue weighted by Crippen LogP contribution is -2.40. The van der Waals surface area contributed by atoms with E-state index in [2.05, 4.69) is 11.8 Å². The third-order valence-electron chi connectivity index (χ3n) is 3.03. The minimum atomic E-state index is -0.0355. The van der Waals surface area contributed by atoms with Crippen LogP contribution in [0.3, 0.4) is 0 Å².